The molecule has 2 atom stereocenters. The summed E-state index contributed by atoms with van der Waals surface area (Å²) in [5.41, 5.74) is 0. The largest absolute Gasteiger partial charge is 0.353 e. The van der Waals surface area contributed by atoms with Crippen molar-refractivity contribution in [3.8, 4) is 0 Å². The maximum Gasteiger partial charge on any atom is 0.220 e. The average molecular weight is 113 g/mol. The molecule has 0 aliphatic carbocycles. The van der Waals surface area contributed by atoms with Gasteiger partial charge in [0, 0.05) is 12.5 Å². The van der Waals surface area contributed by atoms with Crippen molar-refractivity contribution in [2.75, 3.05) is 0 Å². The molecule has 1 saturated heterocycles. The van der Waals surface area contributed by atoms with Crippen molar-refractivity contribution < 1.29 is 4.79 Å². The zero-order valence-electron chi connectivity index (χ0n) is 5.27. The molecule has 0 bridgehead atoms. The molecule has 1 aliphatic rings. The van der Waals surface area contributed by atoms with E-state index in [0.29, 0.717) is 18.4 Å². The lowest BCUT2D eigenvalue weighted by Crippen LogP contribution is -2.24. The van der Waals surface area contributed by atoms with Crippen LogP contribution in [0.25, 0.3) is 0 Å². The highest BCUT2D eigenvalue weighted by Crippen LogP contribution is 2.13. The fourth-order valence-electron chi connectivity index (χ4n) is 0.924. The molecule has 0 radical (unpaired) electrons. The number of nitrogens with one attached hydrogen (secondary N) is 1. The second kappa shape index (κ2) is 1.77. The molecule has 1 rings (SSSR count). The monoisotopic (exact) mass is 113 g/mol. The van der Waals surface area contributed by atoms with E-state index in [0.717, 1.165) is 0 Å². The van der Waals surface area contributed by atoms with E-state index in [1.165, 1.54) is 0 Å². The molecule has 1 fully saturated rings. The normalized spacial score (nSPS) is 37.5. The van der Waals surface area contributed by atoms with Gasteiger partial charge in [-0.1, -0.05) is 6.92 Å². The third kappa shape index (κ3) is 0.831. The Labute approximate surface area is 49.3 Å². The SMILES string of the molecule is C[C@@H]1NC(=O)C[C@@H]1C. The van der Waals surface area contributed by atoms with E-state index in [1.54, 1.807) is 0 Å². The second-order valence-corrected chi connectivity index (χ2v) is 2.54. The summed E-state index contributed by atoms with van der Waals surface area (Å²) in [6.07, 6.45) is 0.709. The first-order valence-corrected chi connectivity index (χ1v) is 2.99. The van der Waals surface area contributed by atoms with Crippen molar-refractivity contribution in [1.29, 1.82) is 0 Å². The van der Waals surface area contributed by atoms with Gasteiger partial charge in [0.25, 0.3) is 0 Å². The topological polar surface area (TPSA) is 29.1 Å². The maximum atomic E-state index is 10.6. The quantitative estimate of drug-likeness (QED) is 0.488. The van der Waals surface area contributed by atoms with Crippen LogP contribution in [0.15, 0.2) is 0 Å². The molecule has 2 nitrogen and oxygen atoms in total. The van der Waals surface area contributed by atoms with Crippen LogP contribution in [0, 0.1) is 5.92 Å². The van der Waals surface area contributed by atoms with Gasteiger partial charge in [0.15, 0.2) is 0 Å². The highest BCUT2D eigenvalue weighted by Gasteiger charge is 2.23. The van der Waals surface area contributed by atoms with Crippen LogP contribution in [0.2, 0.25) is 0 Å². The van der Waals surface area contributed by atoms with Crippen LogP contribution in [0.4, 0.5) is 0 Å². The Bertz CT molecular complexity index is 99.1. The van der Waals surface area contributed by atoms with Gasteiger partial charge in [-0.2, -0.15) is 0 Å². The van der Waals surface area contributed by atoms with Gasteiger partial charge in [-0.25, -0.2) is 0 Å². The van der Waals surface area contributed by atoms with Crippen molar-refractivity contribution in [1.82, 2.24) is 5.32 Å². The molecule has 1 heterocycles. The van der Waals surface area contributed by atoms with Crippen molar-refractivity contribution in [3.63, 3.8) is 0 Å². The van der Waals surface area contributed by atoms with Crippen molar-refractivity contribution in [3.05, 3.63) is 0 Å². The summed E-state index contributed by atoms with van der Waals surface area (Å²) in [5.74, 6) is 0.729. The fourth-order valence-corrected chi connectivity index (χ4v) is 0.924. The molecule has 1 N–H and O–H groups in total. The summed E-state index contributed by atoms with van der Waals surface area (Å²) in [6, 6.07) is 0.391. The van der Waals surface area contributed by atoms with E-state index < -0.39 is 0 Å². The molecule has 2 heteroatoms. The molecule has 0 aromatic rings. The summed E-state index contributed by atoms with van der Waals surface area (Å²) in [4.78, 5) is 10.6. The number of hydrogen-bond donors (Lipinski definition) is 1. The number of hydrogen-bond acceptors (Lipinski definition) is 1. The first-order valence-electron chi connectivity index (χ1n) is 2.99. The van der Waals surface area contributed by atoms with Gasteiger partial charge in [-0.3, -0.25) is 4.79 Å². The molecular formula is C6H11NO. The maximum absolute atomic E-state index is 10.6. The van der Waals surface area contributed by atoms with Crippen molar-refractivity contribution in [2.45, 2.75) is 26.3 Å². The minimum absolute atomic E-state index is 0.199. The lowest BCUT2D eigenvalue weighted by molar-refractivity contribution is -0.119. The Morgan fingerprint density at radius 1 is 1.62 bits per heavy atom. The Hall–Kier alpha value is -0.530. The second-order valence-electron chi connectivity index (χ2n) is 2.54. The standard InChI is InChI=1S/C6H11NO/c1-4-3-6(8)7-5(4)2/h4-5H,3H2,1-2H3,(H,7,8)/t4-,5-/m0/s1. The molecule has 0 spiro atoms. The van der Waals surface area contributed by atoms with Crippen LogP contribution in [-0.2, 0) is 4.79 Å². The summed E-state index contributed by atoms with van der Waals surface area (Å²) >= 11 is 0. The molecule has 0 unspecified atom stereocenters. The number of carbonyl (C=O) groups is 1. The Kier molecular flexibility index (Phi) is 1.24. The van der Waals surface area contributed by atoms with Crippen LogP contribution in [0.1, 0.15) is 20.3 Å². The van der Waals surface area contributed by atoms with E-state index in [-0.39, 0.29) is 5.91 Å². The molecule has 0 aromatic heterocycles. The van der Waals surface area contributed by atoms with Gasteiger partial charge in [0.2, 0.25) is 5.91 Å². The predicted molar refractivity (Wildman–Crippen MR) is 31.4 cm³/mol. The van der Waals surface area contributed by atoms with Gasteiger partial charge < -0.3 is 5.32 Å². The van der Waals surface area contributed by atoms with Crippen LogP contribution >= 0.6 is 0 Å². The molecule has 8 heavy (non-hydrogen) atoms. The summed E-state index contributed by atoms with van der Waals surface area (Å²) in [6.45, 7) is 4.12. The average Bonchev–Trinajstić information content (AvgIpc) is 1.85. The van der Waals surface area contributed by atoms with Gasteiger partial charge in [-0.15, -0.1) is 0 Å². The van der Waals surface area contributed by atoms with E-state index in [1.807, 2.05) is 6.92 Å². The van der Waals surface area contributed by atoms with Gasteiger partial charge >= 0.3 is 0 Å². The zero-order valence-corrected chi connectivity index (χ0v) is 5.27. The Morgan fingerprint density at radius 2 is 2.25 bits per heavy atom. The van der Waals surface area contributed by atoms with Gasteiger partial charge in [0.1, 0.15) is 0 Å². The minimum atomic E-state index is 0.199. The summed E-state index contributed by atoms with van der Waals surface area (Å²) in [7, 11) is 0. The number of rotatable bonds is 0. The van der Waals surface area contributed by atoms with Crippen LogP contribution in [0.5, 0.6) is 0 Å². The molecule has 0 aromatic carbocycles. The third-order valence-electron chi connectivity index (χ3n) is 1.75. The molecular weight excluding hydrogens is 102 g/mol. The smallest absolute Gasteiger partial charge is 0.220 e. The zero-order chi connectivity index (χ0) is 6.15. The summed E-state index contributed by atoms with van der Waals surface area (Å²) < 4.78 is 0. The highest BCUT2D eigenvalue weighted by atomic mass is 16.1. The fraction of sp³-hybridized carbons (Fsp3) is 0.833. The lowest BCUT2D eigenvalue weighted by Gasteiger charge is -2.04. The van der Waals surface area contributed by atoms with Crippen molar-refractivity contribution >= 4 is 5.91 Å². The van der Waals surface area contributed by atoms with Gasteiger partial charge in [-0.05, 0) is 12.8 Å². The number of amides is 1. The van der Waals surface area contributed by atoms with E-state index in [2.05, 4.69) is 12.2 Å². The minimum Gasteiger partial charge on any atom is -0.353 e. The molecule has 1 amide bonds. The van der Waals surface area contributed by atoms with E-state index in [9.17, 15) is 4.79 Å². The molecule has 0 saturated carbocycles. The molecule has 46 valence electrons. The van der Waals surface area contributed by atoms with Gasteiger partial charge in [0.05, 0.1) is 0 Å². The lowest BCUT2D eigenvalue weighted by atomic mass is 10.1. The first kappa shape index (κ1) is 5.60. The van der Waals surface area contributed by atoms with Crippen LogP contribution in [0.3, 0.4) is 0 Å². The van der Waals surface area contributed by atoms with Crippen LogP contribution < -0.4 is 5.32 Å². The Balaban J connectivity index is 2.51. The molecule has 1 aliphatic heterocycles. The van der Waals surface area contributed by atoms with Crippen LogP contribution in [-0.4, -0.2) is 11.9 Å². The number of carbonyl (C=O) groups excluding carboxylic acids is 1. The van der Waals surface area contributed by atoms with Crippen molar-refractivity contribution in [2.24, 2.45) is 5.92 Å². The van der Waals surface area contributed by atoms with E-state index in [4.69, 9.17) is 0 Å². The third-order valence-corrected chi connectivity index (χ3v) is 1.75. The highest BCUT2D eigenvalue weighted by molar-refractivity contribution is 5.78. The van der Waals surface area contributed by atoms with E-state index >= 15 is 0 Å². The predicted octanol–water partition coefficient (Wildman–Crippen LogP) is 0.531. The Morgan fingerprint density at radius 3 is 2.38 bits per heavy atom. The first-order chi connectivity index (χ1) is 3.70. The summed E-state index contributed by atoms with van der Waals surface area (Å²) in [5, 5.41) is 2.83.